The molecule has 0 saturated carbocycles. The molecule has 8 heteroatoms. The van der Waals surface area contributed by atoms with Crippen molar-refractivity contribution < 1.29 is 22.8 Å². The number of hydrogen-bond donors (Lipinski definition) is 1. The molecule has 2 saturated heterocycles. The van der Waals surface area contributed by atoms with Crippen LogP contribution in [-0.4, -0.2) is 48.4 Å². The highest BCUT2D eigenvalue weighted by Gasteiger charge is 2.40. The summed E-state index contributed by atoms with van der Waals surface area (Å²) in [6.45, 7) is 1.88. The van der Waals surface area contributed by atoms with Crippen LogP contribution in [0, 0.1) is 5.41 Å². The van der Waals surface area contributed by atoms with Crippen LogP contribution in [0.2, 0.25) is 0 Å². The number of benzene rings is 1. The van der Waals surface area contributed by atoms with Gasteiger partial charge < -0.3 is 15.1 Å². The van der Waals surface area contributed by atoms with Crippen molar-refractivity contribution in [1.82, 2.24) is 9.80 Å². The summed E-state index contributed by atoms with van der Waals surface area (Å²) in [6, 6.07) is 4.12. The molecule has 0 bridgehead atoms. The van der Waals surface area contributed by atoms with Crippen LogP contribution >= 0.6 is 0 Å². The van der Waals surface area contributed by atoms with Gasteiger partial charge in [0.05, 0.1) is 5.56 Å². The van der Waals surface area contributed by atoms with Gasteiger partial charge in [-0.25, -0.2) is 4.79 Å². The predicted octanol–water partition coefficient (Wildman–Crippen LogP) is 3.57. The second-order valence-electron chi connectivity index (χ2n) is 7.24. The molecule has 1 aromatic carbocycles. The van der Waals surface area contributed by atoms with Crippen molar-refractivity contribution >= 4 is 17.6 Å². The van der Waals surface area contributed by atoms with Crippen molar-refractivity contribution in [3.8, 4) is 0 Å². The van der Waals surface area contributed by atoms with Crippen LogP contribution in [0.15, 0.2) is 24.3 Å². The highest BCUT2D eigenvalue weighted by Crippen LogP contribution is 2.39. The Morgan fingerprint density at radius 3 is 2.27 bits per heavy atom. The van der Waals surface area contributed by atoms with Crippen LogP contribution in [0.3, 0.4) is 0 Å². The fraction of sp³-hybridized carbons (Fsp3) is 0.556. The molecule has 0 aliphatic carbocycles. The third kappa shape index (κ3) is 3.94. The van der Waals surface area contributed by atoms with E-state index in [4.69, 9.17) is 0 Å². The molecule has 0 aromatic heterocycles. The van der Waals surface area contributed by atoms with E-state index in [0.717, 1.165) is 37.9 Å². The summed E-state index contributed by atoms with van der Waals surface area (Å²) in [5.41, 5.74) is -0.328. The molecule has 0 radical (unpaired) electrons. The summed E-state index contributed by atoms with van der Waals surface area (Å²) >= 11 is 0. The van der Waals surface area contributed by atoms with Crippen molar-refractivity contribution in [2.24, 2.45) is 5.41 Å². The van der Waals surface area contributed by atoms with Crippen LogP contribution in [0.4, 0.5) is 23.7 Å². The molecule has 0 atom stereocenters. The normalized spacial score (nSPS) is 20.4. The molecule has 1 N–H and O–H groups in total. The van der Waals surface area contributed by atoms with Gasteiger partial charge in [0, 0.05) is 38.8 Å². The lowest BCUT2D eigenvalue weighted by Crippen LogP contribution is -2.51. The van der Waals surface area contributed by atoms with Gasteiger partial charge in [-0.05, 0) is 48.9 Å². The van der Waals surface area contributed by atoms with Crippen molar-refractivity contribution in [3.05, 3.63) is 29.8 Å². The molecule has 3 amide bonds. The Balaban J connectivity index is 1.55. The first-order valence-electron chi connectivity index (χ1n) is 8.66. The maximum atomic E-state index is 12.6. The Labute approximate surface area is 150 Å². The number of rotatable bonds is 1. The number of nitrogens with one attached hydrogen (secondary N) is 1. The van der Waals surface area contributed by atoms with Gasteiger partial charge in [-0.2, -0.15) is 13.2 Å². The fourth-order valence-electron chi connectivity index (χ4n) is 3.77. The van der Waals surface area contributed by atoms with E-state index < -0.39 is 11.7 Å². The minimum absolute atomic E-state index is 0.0772. The van der Waals surface area contributed by atoms with E-state index in [-0.39, 0.29) is 17.4 Å². The quantitative estimate of drug-likeness (QED) is 0.823. The smallest absolute Gasteiger partial charge is 0.345 e. The molecule has 2 heterocycles. The third-order valence-corrected chi connectivity index (χ3v) is 5.44. The Kier molecular flexibility index (Phi) is 4.86. The molecule has 5 nitrogen and oxygen atoms in total. The monoisotopic (exact) mass is 369 g/mol. The largest absolute Gasteiger partial charge is 0.416 e. The number of amides is 3. The summed E-state index contributed by atoms with van der Waals surface area (Å²) < 4.78 is 37.7. The maximum absolute atomic E-state index is 12.6. The van der Waals surface area contributed by atoms with Gasteiger partial charge in [-0.15, -0.1) is 0 Å². The molecule has 1 spiro atoms. The number of piperidine rings is 2. The van der Waals surface area contributed by atoms with Crippen LogP contribution < -0.4 is 5.32 Å². The van der Waals surface area contributed by atoms with E-state index in [0.29, 0.717) is 25.2 Å². The Morgan fingerprint density at radius 1 is 1.12 bits per heavy atom. The number of urea groups is 1. The van der Waals surface area contributed by atoms with Crippen molar-refractivity contribution in [1.29, 1.82) is 0 Å². The number of hydrogen-bond acceptors (Lipinski definition) is 2. The lowest BCUT2D eigenvalue weighted by Gasteiger charge is -2.46. The first-order valence-corrected chi connectivity index (χ1v) is 8.66. The maximum Gasteiger partial charge on any atom is 0.416 e. The zero-order valence-corrected chi connectivity index (χ0v) is 14.6. The zero-order chi connectivity index (χ0) is 18.9. The molecule has 1 aromatic rings. The summed E-state index contributed by atoms with van der Waals surface area (Å²) in [4.78, 5) is 27.5. The van der Waals surface area contributed by atoms with Crippen LogP contribution in [0.25, 0.3) is 0 Å². The second kappa shape index (κ2) is 6.81. The number of carbonyl (C=O) groups is 2. The van der Waals surface area contributed by atoms with Crippen molar-refractivity contribution in [3.63, 3.8) is 0 Å². The molecule has 2 fully saturated rings. The number of carbonyl (C=O) groups excluding carboxylic acids is 2. The lowest BCUT2D eigenvalue weighted by molar-refractivity contribution is -0.138. The number of nitrogens with zero attached hydrogens (tertiary/aromatic N) is 2. The lowest BCUT2D eigenvalue weighted by atomic mass is 9.72. The first kappa shape index (κ1) is 18.5. The Hall–Kier alpha value is -2.25. The second-order valence-corrected chi connectivity index (χ2v) is 7.24. The highest BCUT2D eigenvalue weighted by molar-refractivity contribution is 5.89. The summed E-state index contributed by atoms with van der Waals surface area (Å²) in [5.74, 6) is 0.165. The van der Waals surface area contributed by atoms with Crippen LogP contribution in [0.5, 0.6) is 0 Å². The first-order chi connectivity index (χ1) is 12.2. The molecule has 2 aliphatic heterocycles. The van der Waals surface area contributed by atoms with Crippen LogP contribution in [-0.2, 0) is 11.0 Å². The fourth-order valence-corrected chi connectivity index (χ4v) is 3.77. The molecule has 142 valence electrons. The van der Waals surface area contributed by atoms with Crippen LogP contribution in [0.1, 0.15) is 31.2 Å². The minimum Gasteiger partial charge on any atom is -0.345 e. The molecule has 0 unspecified atom stereocenters. The molecule has 26 heavy (non-hydrogen) atoms. The van der Waals surface area contributed by atoms with E-state index in [9.17, 15) is 22.8 Å². The molecule has 2 aliphatic rings. The molecule has 3 rings (SSSR count). The highest BCUT2D eigenvalue weighted by atomic mass is 19.4. The van der Waals surface area contributed by atoms with Gasteiger partial charge in [-0.3, -0.25) is 4.79 Å². The summed E-state index contributed by atoms with van der Waals surface area (Å²) in [6.07, 6.45) is -1.34. The van der Waals surface area contributed by atoms with E-state index in [1.165, 1.54) is 12.1 Å². The number of alkyl halides is 3. The SMILES string of the molecule is CN1CC2(CCC1=O)CCN(C(=O)Nc1ccc(C(F)(F)F)cc1)CC2. The van der Waals surface area contributed by atoms with Gasteiger partial charge in [0.15, 0.2) is 0 Å². The molecular weight excluding hydrogens is 347 g/mol. The van der Waals surface area contributed by atoms with Gasteiger partial charge in [0.1, 0.15) is 0 Å². The van der Waals surface area contributed by atoms with E-state index in [1.807, 2.05) is 7.05 Å². The average molecular weight is 369 g/mol. The summed E-state index contributed by atoms with van der Waals surface area (Å²) in [5, 5.41) is 2.65. The average Bonchev–Trinajstić information content (AvgIpc) is 2.59. The van der Waals surface area contributed by atoms with Crippen molar-refractivity contribution in [2.45, 2.75) is 31.9 Å². The van der Waals surface area contributed by atoms with Gasteiger partial charge in [0.25, 0.3) is 0 Å². The zero-order valence-electron chi connectivity index (χ0n) is 14.6. The van der Waals surface area contributed by atoms with Gasteiger partial charge in [-0.1, -0.05) is 0 Å². The van der Waals surface area contributed by atoms with E-state index in [1.54, 1.807) is 9.80 Å². The number of likely N-dealkylation sites (tertiary alicyclic amines) is 2. The Morgan fingerprint density at radius 2 is 1.73 bits per heavy atom. The third-order valence-electron chi connectivity index (χ3n) is 5.44. The number of halogens is 3. The topological polar surface area (TPSA) is 52.7 Å². The predicted molar refractivity (Wildman–Crippen MR) is 90.6 cm³/mol. The van der Waals surface area contributed by atoms with E-state index in [2.05, 4.69) is 5.32 Å². The van der Waals surface area contributed by atoms with Crippen molar-refractivity contribution in [2.75, 3.05) is 32.0 Å². The van der Waals surface area contributed by atoms with Gasteiger partial charge >= 0.3 is 12.2 Å². The minimum atomic E-state index is -4.39. The summed E-state index contributed by atoms with van der Waals surface area (Å²) in [7, 11) is 1.81. The van der Waals surface area contributed by atoms with E-state index >= 15 is 0 Å². The molecular formula is C18H22F3N3O2. The standard InChI is InChI=1S/C18H22F3N3O2/c1-23-12-17(7-6-15(23)25)8-10-24(11-9-17)16(26)22-14-4-2-13(3-5-14)18(19,20)21/h2-5H,6-12H2,1H3,(H,22,26). The number of anilines is 1. The Bertz CT molecular complexity index is 680. The van der Waals surface area contributed by atoms with Gasteiger partial charge in [0.2, 0.25) is 5.91 Å².